The summed E-state index contributed by atoms with van der Waals surface area (Å²) in [5, 5.41) is 0. The quantitative estimate of drug-likeness (QED) is 0.739. The van der Waals surface area contributed by atoms with Crippen molar-refractivity contribution in [1.29, 1.82) is 0 Å². The predicted molar refractivity (Wildman–Crippen MR) is 94.1 cm³/mol. The topological polar surface area (TPSA) is 49.6 Å². The number of anilines is 1. The molecule has 124 valence electrons. The van der Waals surface area contributed by atoms with Crippen LogP contribution < -0.4 is 4.90 Å². The Bertz CT molecular complexity index is 882. The lowest BCUT2D eigenvalue weighted by atomic mass is 10.1. The van der Waals surface area contributed by atoms with Crippen LogP contribution in [0.15, 0.2) is 30.7 Å². The molecule has 4 heterocycles. The number of nitrogens with zero attached hydrogens (tertiary/aromatic N) is 6. The van der Waals surface area contributed by atoms with Gasteiger partial charge in [0.15, 0.2) is 0 Å². The van der Waals surface area contributed by atoms with Gasteiger partial charge in [0.25, 0.3) is 0 Å². The molecule has 3 aromatic rings. The SMILES string of the molecule is Cc1cccc2nc(CN3CCc4ncnc(N(C)C)c4C3)cn12. The number of rotatable bonds is 3. The molecule has 6 nitrogen and oxygen atoms in total. The monoisotopic (exact) mass is 322 g/mol. The van der Waals surface area contributed by atoms with Gasteiger partial charge in [-0.25, -0.2) is 15.0 Å². The molecule has 0 radical (unpaired) electrons. The van der Waals surface area contributed by atoms with Crippen molar-refractivity contribution >= 4 is 11.5 Å². The van der Waals surface area contributed by atoms with Gasteiger partial charge in [0.1, 0.15) is 17.8 Å². The van der Waals surface area contributed by atoms with Crippen LogP contribution in [0.25, 0.3) is 5.65 Å². The lowest BCUT2D eigenvalue weighted by molar-refractivity contribution is 0.241. The van der Waals surface area contributed by atoms with Gasteiger partial charge in [0.05, 0.1) is 11.4 Å². The minimum absolute atomic E-state index is 0.850. The van der Waals surface area contributed by atoms with E-state index >= 15 is 0 Å². The summed E-state index contributed by atoms with van der Waals surface area (Å²) in [7, 11) is 4.07. The zero-order valence-corrected chi connectivity index (χ0v) is 14.4. The average molecular weight is 322 g/mol. The molecule has 0 saturated carbocycles. The summed E-state index contributed by atoms with van der Waals surface area (Å²) in [5.74, 6) is 1.02. The third-order valence-electron chi connectivity index (χ3n) is 4.61. The second kappa shape index (κ2) is 5.87. The number of fused-ring (bicyclic) bond motifs is 2. The third-order valence-corrected chi connectivity index (χ3v) is 4.61. The van der Waals surface area contributed by atoms with Gasteiger partial charge >= 0.3 is 0 Å². The molecule has 0 atom stereocenters. The van der Waals surface area contributed by atoms with Crippen LogP contribution in [0.5, 0.6) is 0 Å². The fourth-order valence-corrected chi connectivity index (χ4v) is 3.41. The van der Waals surface area contributed by atoms with Crippen LogP contribution in [-0.4, -0.2) is 44.9 Å². The second-order valence-electron chi connectivity index (χ2n) is 6.61. The molecule has 3 aromatic heterocycles. The molecule has 1 aliphatic rings. The minimum Gasteiger partial charge on any atom is -0.362 e. The van der Waals surface area contributed by atoms with Crippen molar-refractivity contribution in [2.75, 3.05) is 25.5 Å². The fourth-order valence-electron chi connectivity index (χ4n) is 3.41. The molecule has 24 heavy (non-hydrogen) atoms. The molecule has 1 aliphatic heterocycles. The normalized spacial score (nSPS) is 14.8. The molecule has 0 spiro atoms. The van der Waals surface area contributed by atoms with E-state index in [9.17, 15) is 0 Å². The summed E-state index contributed by atoms with van der Waals surface area (Å²) >= 11 is 0. The Morgan fingerprint density at radius 1 is 1.21 bits per heavy atom. The van der Waals surface area contributed by atoms with Crippen molar-refractivity contribution in [2.45, 2.75) is 26.4 Å². The largest absolute Gasteiger partial charge is 0.362 e. The Morgan fingerprint density at radius 3 is 2.88 bits per heavy atom. The smallest absolute Gasteiger partial charge is 0.137 e. The van der Waals surface area contributed by atoms with Crippen LogP contribution in [0.2, 0.25) is 0 Å². The van der Waals surface area contributed by atoms with Crippen molar-refractivity contribution < 1.29 is 0 Å². The Labute approximate surface area is 141 Å². The van der Waals surface area contributed by atoms with Gasteiger partial charge in [0.2, 0.25) is 0 Å². The van der Waals surface area contributed by atoms with E-state index in [2.05, 4.69) is 55.5 Å². The molecule has 6 heteroatoms. The zero-order chi connectivity index (χ0) is 16.7. The number of aromatic nitrogens is 4. The van der Waals surface area contributed by atoms with Crippen LogP contribution in [0.4, 0.5) is 5.82 Å². The molecule has 4 rings (SSSR count). The average Bonchev–Trinajstić information content (AvgIpc) is 2.98. The van der Waals surface area contributed by atoms with Gasteiger partial charge in [-0.3, -0.25) is 4.90 Å². The van der Waals surface area contributed by atoms with Crippen molar-refractivity contribution in [3.63, 3.8) is 0 Å². The van der Waals surface area contributed by atoms with Gasteiger partial charge in [-0.2, -0.15) is 0 Å². The first-order chi connectivity index (χ1) is 11.6. The van der Waals surface area contributed by atoms with Gasteiger partial charge in [-0.15, -0.1) is 0 Å². The van der Waals surface area contributed by atoms with E-state index in [-0.39, 0.29) is 0 Å². The van der Waals surface area contributed by atoms with E-state index in [1.54, 1.807) is 6.33 Å². The second-order valence-corrected chi connectivity index (χ2v) is 6.61. The maximum atomic E-state index is 4.76. The molecular formula is C18H22N6. The first-order valence-corrected chi connectivity index (χ1v) is 8.28. The van der Waals surface area contributed by atoms with E-state index in [4.69, 9.17) is 4.98 Å². The molecule has 0 unspecified atom stereocenters. The first kappa shape index (κ1) is 15.1. The van der Waals surface area contributed by atoms with E-state index in [1.165, 1.54) is 17.0 Å². The van der Waals surface area contributed by atoms with E-state index in [0.29, 0.717) is 0 Å². The van der Waals surface area contributed by atoms with Crippen LogP contribution >= 0.6 is 0 Å². The third kappa shape index (κ3) is 2.63. The standard InChI is InChI=1S/C18H22N6/c1-13-5-4-6-17-21-14(10-24(13)17)9-23-8-7-16-15(11-23)18(22(2)3)20-12-19-16/h4-6,10,12H,7-9,11H2,1-3H3. The maximum Gasteiger partial charge on any atom is 0.137 e. The number of hydrogen-bond donors (Lipinski definition) is 0. The molecular weight excluding hydrogens is 300 g/mol. The summed E-state index contributed by atoms with van der Waals surface area (Å²) in [5.41, 5.74) is 5.75. The Morgan fingerprint density at radius 2 is 2.08 bits per heavy atom. The Hall–Kier alpha value is -2.47. The highest BCUT2D eigenvalue weighted by Gasteiger charge is 2.22. The highest BCUT2D eigenvalue weighted by atomic mass is 15.2. The van der Waals surface area contributed by atoms with Crippen molar-refractivity contribution in [1.82, 2.24) is 24.3 Å². The van der Waals surface area contributed by atoms with Crippen molar-refractivity contribution in [2.24, 2.45) is 0 Å². The summed E-state index contributed by atoms with van der Waals surface area (Å²) in [6.45, 7) is 4.83. The molecule has 0 bridgehead atoms. The summed E-state index contributed by atoms with van der Waals surface area (Å²) in [6, 6.07) is 6.22. The Kier molecular flexibility index (Phi) is 3.69. The highest BCUT2D eigenvalue weighted by molar-refractivity contribution is 5.48. The number of aryl methyl sites for hydroxylation is 1. The first-order valence-electron chi connectivity index (χ1n) is 8.28. The predicted octanol–water partition coefficient (Wildman–Crippen LogP) is 2.06. The summed E-state index contributed by atoms with van der Waals surface area (Å²) in [4.78, 5) is 18.2. The number of imidazole rings is 1. The highest BCUT2D eigenvalue weighted by Crippen LogP contribution is 2.25. The maximum absolute atomic E-state index is 4.76. The summed E-state index contributed by atoms with van der Waals surface area (Å²) < 4.78 is 2.15. The van der Waals surface area contributed by atoms with Gasteiger partial charge in [-0.05, 0) is 19.1 Å². The van der Waals surface area contributed by atoms with Gasteiger partial charge in [0, 0.05) is 57.6 Å². The molecule has 0 aliphatic carbocycles. The van der Waals surface area contributed by atoms with Crippen LogP contribution in [0.3, 0.4) is 0 Å². The lowest BCUT2D eigenvalue weighted by Crippen LogP contribution is -2.32. The van der Waals surface area contributed by atoms with Crippen LogP contribution in [0, 0.1) is 6.92 Å². The fraction of sp³-hybridized carbons (Fsp3) is 0.389. The summed E-state index contributed by atoms with van der Waals surface area (Å²) in [6.07, 6.45) is 4.79. The molecule has 0 saturated heterocycles. The molecule has 0 amide bonds. The van der Waals surface area contributed by atoms with Crippen molar-refractivity contribution in [3.05, 3.63) is 53.4 Å². The number of hydrogen-bond acceptors (Lipinski definition) is 5. The van der Waals surface area contributed by atoms with E-state index in [0.717, 1.165) is 43.2 Å². The van der Waals surface area contributed by atoms with Gasteiger partial charge < -0.3 is 9.30 Å². The molecule has 0 aromatic carbocycles. The van der Waals surface area contributed by atoms with E-state index < -0.39 is 0 Å². The van der Waals surface area contributed by atoms with Crippen molar-refractivity contribution in [3.8, 4) is 0 Å². The van der Waals surface area contributed by atoms with E-state index in [1.807, 2.05) is 14.1 Å². The molecule has 0 fully saturated rings. The Balaban J connectivity index is 1.59. The molecule has 0 N–H and O–H groups in total. The zero-order valence-electron chi connectivity index (χ0n) is 14.4. The van der Waals surface area contributed by atoms with Crippen LogP contribution in [-0.2, 0) is 19.5 Å². The van der Waals surface area contributed by atoms with Gasteiger partial charge in [-0.1, -0.05) is 6.07 Å². The minimum atomic E-state index is 0.850. The van der Waals surface area contributed by atoms with Crippen LogP contribution in [0.1, 0.15) is 22.6 Å². The lowest BCUT2D eigenvalue weighted by Gasteiger charge is -2.29. The number of pyridine rings is 1.